The Hall–Kier alpha value is -3.06. The lowest BCUT2D eigenvalue weighted by molar-refractivity contribution is -0.910. The smallest absolute Gasteiger partial charge is 0.293 e. The molecule has 3 rings (SSSR count). The molecule has 2 aromatic rings. The summed E-state index contributed by atoms with van der Waals surface area (Å²) in [5.41, 5.74) is 6.52. The molecule has 2 amide bonds. The number of hydrazine groups is 1. The van der Waals surface area contributed by atoms with Crippen molar-refractivity contribution in [3.8, 4) is 11.5 Å². The van der Waals surface area contributed by atoms with Gasteiger partial charge in [-0.05, 0) is 30.3 Å². The first-order chi connectivity index (χ1) is 13.6. The Balaban J connectivity index is 1.62. The van der Waals surface area contributed by atoms with Gasteiger partial charge in [0.1, 0.15) is 17.5 Å². The van der Waals surface area contributed by atoms with Crippen molar-refractivity contribution in [3.63, 3.8) is 0 Å². The van der Waals surface area contributed by atoms with Crippen molar-refractivity contribution in [1.29, 1.82) is 0 Å². The van der Waals surface area contributed by atoms with Crippen molar-refractivity contribution in [1.82, 2.24) is 10.9 Å². The number of likely N-dealkylation sites (tertiary alicyclic amines) is 1. The van der Waals surface area contributed by atoms with E-state index in [0.29, 0.717) is 5.56 Å². The van der Waals surface area contributed by atoms with Crippen molar-refractivity contribution in [2.45, 2.75) is 18.9 Å². The molecule has 7 nitrogen and oxygen atoms in total. The normalized spacial score (nSPS) is 18.4. The SMILES string of the molecule is COc1ccc(OC)c([C@@H]2CCC[NH+]2CC(=O)NNC(=O)c2ccccc2)c1. The fraction of sp³-hybridized carbons (Fsp3) is 0.333. The van der Waals surface area contributed by atoms with Gasteiger partial charge in [0.25, 0.3) is 11.8 Å². The largest absolute Gasteiger partial charge is 0.497 e. The van der Waals surface area contributed by atoms with Crippen LogP contribution in [0.2, 0.25) is 0 Å². The molecule has 3 N–H and O–H groups in total. The Morgan fingerprint density at radius 1 is 1.07 bits per heavy atom. The summed E-state index contributed by atoms with van der Waals surface area (Å²) < 4.78 is 10.9. The van der Waals surface area contributed by atoms with Gasteiger partial charge in [-0.1, -0.05) is 18.2 Å². The summed E-state index contributed by atoms with van der Waals surface area (Å²) in [6.07, 6.45) is 1.98. The molecule has 28 heavy (non-hydrogen) atoms. The number of amides is 2. The first-order valence-electron chi connectivity index (χ1n) is 9.33. The first-order valence-corrected chi connectivity index (χ1v) is 9.33. The van der Waals surface area contributed by atoms with Crippen LogP contribution in [-0.2, 0) is 4.79 Å². The number of carbonyl (C=O) groups excluding carboxylic acids is 2. The summed E-state index contributed by atoms with van der Waals surface area (Å²) in [4.78, 5) is 25.6. The zero-order valence-corrected chi connectivity index (χ0v) is 16.2. The topological polar surface area (TPSA) is 81.1 Å². The van der Waals surface area contributed by atoms with E-state index in [0.717, 1.165) is 41.3 Å². The van der Waals surface area contributed by atoms with Crippen molar-refractivity contribution in [3.05, 3.63) is 59.7 Å². The quantitative estimate of drug-likeness (QED) is 0.646. The summed E-state index contributed by atoms with van der Waals surface area (Å²) in [5.74, 6) is 0.994. The zero-order chi connectivity index (χ0) is 19.9. The molecule has 1 aliphatic rings. The fourth-order valence-electron chi connectivity index (χ4n) is 3.65. The molecule has 7 heteroatoms. The summed E-state index contributed by atoms with van der Waals surface area (Å²) in [6, 6.07) is 14.6. The molecule has 148 valence electrons. The maximum atomic E-state index is 12.4. The average Bonchev–Trinajstić information content (AvgIpc) is 3.19. The summed E-state index contributed by atoms with van der Waals surface area (Å²) in [6.45, 7) is 1.14. The first kappa shape index (κ1) is 19.7. The molecule has 0 aromatic heterocycles. The molecule has 2 aromatic carbocycles. The van der Waals surface area contributed by atoms with Crippen LogP contribution in [0.25, 0.3) is 0 Å². The number of carbonyl (C=O) groups is 2. The van der Waals surface area contributed by atoms with Crippen molar-refractivity contribution in [2.24, 2.45) is 0 Å². The van der Waals surface area contributed by atoms with Gasteiger partial charge in [0.2, 0.25) is 0 Å². The number of methoxy groups -OCH3 is 2. The van der Waals surface area contributed by atoms with E-state index < -0.39 is 0 Å². The molecule has 1 unspecified atom stereocenters. The van der Waals surface area contributed by atoms with Crippen LogP contribution < -0.4 is 25.2 Å². The number of hydrogen-bond acceptors (Lipinski definition) is 4. The van der Waals surface area contributed by atoms with E-state index >= 15 is 0 Å². The molecule has 0 spiro atoms. The predicted molar refractivity (Wildman–Crippen MR) is 104 cm³/mol. The van der Waals surface area contributed by atoms with Crippen LogP contribution in [0.1, 0.15) is 34.8 Å². The van der Waals surface area contributed by atoms with E-state index in [2.05, 4.69) is 10.9 Å². The number of rotatable bonds is 6. The molecular weight excluding hydrogens is 358 g/mol. The van der Waals surface area contributed by atoms with Gasteiger partial charge in [-0.3, -0.25) is 20.4 Å². The highest BCUT2D eigenvalue weighted by molar-refractivity contribution is 5.95. The van der Waals surface area contributed by atoms with Gasteiger partial charge in [0.05, 0.1) is 26.3 Å². The molecule has 2 atom stereocenters. The molecule has 1 saturated heterocycles. The van der Waals surface area contributed by atoms with Crippen LogP contribution in [0.3, 0.4) is 0 Å². The van der Waals surface area contributed by atoms with Crippen LogP contribution >= 0.6 is 0 Å². The third-order valence-electron chi connectivity index (χ3n) is 5.03. The van der Waals surface area contributed by atoms with Gasteiger partial charge in [-0.15, -0.1) is 0 Å². The van der Waals surface area contributed by atoms with Crippen LogP contribution in [0, 0.1) is 0 Å². The third-order valence-corrected chi connectivity index (χ3v) is 5.03. The minimum Gasteiger partial charge on any atom is -0.497 e. The Morgan fingerprint density at radius 2 is 1.86 bits per heavy atom. The molecule has 1 aliphatic heterocycles. The van der Waals surface area contributed by atoms with Crippen LogP contribution in [0.4, 0.5) is 0 Å². The summed E-state index contributed by atoms with van der Waals surface area (Å²) >= 11 is 0. The average molecular weight is 384 g/mol. The predicted octanol–water partition coefficient (Wildman–Crippen LogP) is 0.885. The van der Waals surface area contributed by atoms with E-state index in [9.17, 15) is 9.59 Å². The monoisotopic (exact) mass is 384 g/mol. The Labute approximate surface area is 164 Å². The van der Waals surface area contributed by atoms with Crippen LogP contribution in [-0.4, -0.2) is 39.1 Å². The Bertz CT molecular complexity index is 826. The summed E-state index contributed by atoms with van der Waals surface area (Å²) in [7, 11) is 3.28. The zero-order valence-electron chi connectivity index (χ0n) is 16.2. The lowest BCUT2D eigenvalue weighted by Crippen LogP contribution is -3.11. The van der Waals surface area contributed by atoms with Gasteiger partial charge >= 0.3 is 0 Å². The molecular formula is C21H26N3O4+. The van der Waals surface area contributed by atoms with E-state index in [-0.39, 0.29) is 24.4 Å². The Kier molecular flexibility index (Phi) is 6.49. The standard InChI is InChI=1S/C21H25N3O4/c1-27-16-10-11-19(28-2)17(13-16)18-9-6-12-24(18)14-20(25)22-23-21(26)15-7-4-3-5-8-15/h3-5,7-8,10-11,13,18H,6,9,12,14H2,1-2H3,(H,22,25)(H,23,26)/p+1/t18-/m0/s1. The number of nitrogens with one attached hydrogen (secondary N) is 3. The highest BCUT2D eigenvalue weighted by Crippen LogP contribution is 2.31. The highest BCUT2D eigenvalue weighted by Gasteiger charge is 2.34. The number of ether oxygens (including phenoxy) is 2. The minimum atomic E-state index is -0.337. The second-order valence-electron chi connectivity index (χ2n) is 6.76. The fourth-order valence-corrected chi connectivity index (χ4v) is 3.65. The maximum Gasteiger partial charge on any atom is 0.293 e. The number of quaternary nitrogens is 1. The van der Waals surface area contributed by atoms with Crippen molar-refractivity contribution < 1.29 is 24.0 Å². The van der Waals surface area contributed by atoms with Gasteiger partial charge in [0.15, 0.2) is 6.54 Å². The second-order valence-corrected chi connectivity index (χ2v) is 6.76. The van der Waals surface area contributed by atoms with Crippen molar-refractivity contribution in [2.75, 3.05) is 27.3 Å². The molecule has 1 fully saturated rings. The van der Waals surface area contributed by atoms with Crippen LogP contribution in [0.15, 0.2) is 48.5 Å². The van der Waals surface area contributed by atoms with Gasteiger partial charge in [0, 0.05) is 18.4 Å². The Morgan fingerprint density at radius 3 is 2.57 bits per heavy atom. The lowest BCUT2D eigenvalue weighted by Gasteiger charge is -2.23. The van der Waals surface area contributed by atoms with Gasteiger partial charge in [-0.2, -0.15) is 0 Å². The van der Waals surface area contributed by atoms with E-state index in [4.69, 9.17) is 9.47 Å². The van der Waals surface area contributed by atoms with Crippen molar-refractivity contribution >= 4 is 11.8 Å². The number of hydrogen-bond donors (Lipinski definition) is 3. The third kappa shape index (κ3) is 4.61. The number of benzene rings is 2. The molecule has 0 aliphatic carbocycles. The van der Waals surface area contributed by atoms with Crippen LogP contribution in [0.5, 0.6) is 11.5 Å². The van der Waals surface area contributed by atoms with E-state index in [1.54, 1.807) is 38.5 Å². The summed E-state index contributed by atoms with van der Waals surface area (Å²) in [5, 5.41) is 0. The molecule has 1 heterocycles. The molecule has 0 saturated carbocycles. The maximum absolute atomic E-state index is 12.4. The highest BCUT2D eigenvalue weighted by atomic mass is 16.5. The lowest BCUT2D eigenvalue weighted by atomic mass is 10.0. The molecule has 0 radical (unpaired) electrons. The molecule has 0 bridgehead atoms. The van der Waals surface area contributed by atoms with E-state index in [1.807, 2.05) is 24.3 Å². The van der Waals surface area contributed by atoms with Gasteiger partial charge in [-0.25, -0.2) is 0 Å². The van der Waals surface area contributed by atoms with E-state index in [1.165, 1.54) is 0 Å². The van der Waals surface area contributed by atoms with Gasteiger partial charge < -0.3 is 14.4 Å². The minimum absolute atomic E-state index is 0.139. The second kappa shape index (κ2) is 9.23.